The lowest BCUT2D eigenvalue weighted by Gasteiger charge is -2.28. The summed E-state index contributed by atoms with van der Waals surface area (Å²) in [6, 6.07) is 0.197. The Morgan fingerprint density at radius 1 is 1.71 bits per heavy atom. The summed E-state index contributed by atoms with van der Waals surface area (Å²) in [6.07, 6.45) is 3.36. The number of amides is 1. The number of carbonyl (C=O) groups is 1. The van der Waals surface area contributed by atoms with Gasteiger partial charge in [0.2, 0.25) is 0 Å². The van der Waals surface area contributed by atoms with E-state index >= 15 is 0 Å². The van der Waals surface area contributed by atoms with E-state index in [1.54, 1.807) is 11.0 Å². The normalized spacial score (nSPS) is 32.5. The van der Waals surface area contributed by atoms with Crippen LogP contribution < -0.4 is 0 Å². The number of ether oxygens (including phenoxy) is 1. The highest BCUT2D eigenvalue weighted by Gasteiger charge is 2.37. The molecule has 0 aromatic rings. The molecular weight excluding hydrogens is 182 g/mol. The largest absolute Gasteiger partial charge is 0.503 e. The topological polar surface area (TPSA) is 49.8 Å². The Kier molecular flexibility index (Phi) is 2.46. The summed E-state index contributed by atoms with van der Waals surface area (Å²) in [7, 11) is 0. The molecule has 0 spiro atoms. The van der Waals surface area contributed by atoms with Crippen molar-refractivity contribution in [1.82, 2.24) is 4.90 Å². The summed E-state index contributed by atoms with van der Waals surface area (Å²) < 4.78 is 5.25. The third-order valence-corrected chi connectivity index (χ3v) is 2.88. The summed E-state index contributed by atoms with van der Waals surface area (Å²) in [5.41, 5.74) is 0. The van der Waals surface area contributed by atoms with Gasteiger partial charge in [-0.3, -0.25) is 4.79 Å². The molecule has 2 rings (SSSR count). The third-order valence-electron chi connectivity index (χ3n) is 2.88. The quantitative estimate of drug-likeness (QED) is 0.713. The lowest BCUT2D eigenvalue weighted by atomic mass is 10.1. The fourth-order valence-electron chi connectivity index (χ4n) is 2.11. The van der Waals surface area contributed by atoms with Crippen molar-refractivity contribution in [3.05, 3.63) is 11.8 Å². The molecule has 0 saturated carbocycles. The fraction of sp³-hybridized carbons (Fsp3) is 0.700. The summed E-state index contributed by atoms with van der Waals surface area (Å²) >= 11 is 0. The minimum Gasteiger partial charge on any atom is -0.503 e. The highest BCUT2D eigenvalue weighted by Crippen LogP contribution is 2.25. The van der Waals surface area contributed by atoms with E-state index in [0.29, 0.717) is 13.2 Å². The predicted octanol–water partition coefficient (Wildman–Crippen LogP) is 0.838. The molecule has 78 valence electrons. The molecule has 1 fully saturated rings. The van der Waals surface area contributed by atoms with Crippen LogP contribution in [0, 0.1) is 0 Å². The van der Waals surface area contributed by atoms with Gasteiger partial charge in [0.05, 0.1) is 18.7 Å². The van der Waals surface area contributed by atoms with Gasteiger partial charge in [-0.15, -0.1) is 0 Å². The molecule has 2 aliphatic rings. The maximum Gasteiger partial charge on any atom is 0.289 e. The minimum absolute atomic E-state index is 0.0502. The first-order valence-corrected chi connectivity index (χ1v) is 5.05. The summed E-state index contributed by atoms with van der Waals surface area (Å²) in [6.45, 7) is 3.32. The molecule has 0 radical (unpaired) electrons. The van der Waals surface area contributed by atoms with E-state index in [-0.39, 0.29) is 23.8 Å². The Hall–Kier alpha value is -1.03. The molecule has 2 atom stereocenters. The van der Waals surface area contributed by atoms with Crippen LogP contribution in [0.2, 0.25) is 0 Å². The fourth-order valence-corrected chi connectivity index (χ4v) is 2.11. The van der Waals surface area contributed by atoms with E-state index in [0.717, 1.165) is 12.8 Å². The van der Waals surface area contributed by atoms with E-state index in [4.69, 9.17) is 4.74 Å². The molecule has 2 aliphatic heterocycles. The molecule has 14 heavy (non-hydrogen) atoms. The van der Waals surface area contributed by atoms with Gasteiger partial charge in [-0.1, -0.05) is 6.92 Å². The lowest BCUT2D eigenvalue weighted by molar-refractivity contribution is -0.131. The number of hydrogen-bond donors (Lipinski definition) is 1. The summed E-state index contributed by atoms with van der Waals surface area (Å²) in [4.78, 5) is 13.4. The Bertz CT molecular complexity index is 269. The van der Waals surface area contributed by atoms with Gasteiger partial charge >= 0.3 is 0 Å². The molecule has 1 saturated heterocycles. The minimum atomic E-state index is -0.243. The van der Waals surface area contributed by atoms with Crippen LogP contribution in [-0.2, 0) is 9.53 Å². The van der Waals surface area contributed by atoms with Gasteiger partial charge in [0.1, 0.15) is 0 Å². The van der Waals surface area contributed by atoms with Gasteiger partial charge in [-0.2, -0.15) is 0 Å². The van der Waals surface area contributed by atoms with E-state index < -0.39 is 0 Å². The Morgan fingerprint density at radius 2 is 2.50 bits per heavy atom. The van der Waals surface area contributed by atoms with Crippen LogP contribution in [0.5, 0.6) is 0 Å². The van der Waals surface area contributed by atoms with E-state index in [9.17, 15) is 9.90 Å². The first-order chi connectivity index (χ1) is 6.74. The van der Waals surface area contributed by atoms with Crippen LogP contribution in [0.3, 0.4) is 0 Å². The number of carbonyl (C=O) groups excluding carboxylic acids is 1. The molecule has 0 aromatic heterocycles. The number of nitrogens with zero attached hydrogens (tertiary/aromatic N) is 1. The Labute approximate surface area is 83.2 Å². The summed E-state index contributed by atoms with van der Waals surface area (Å²) in [5, 5.41) is 9.36. The molecule has 1 amide bonds. The molecule has 4 nitrogen and oxygen atoms in total. The molecule has 0 bridgehead atoms. The average Bonchev–Trinajstić information content (AvgIpc) is 2.76. The van der Waals surface area contributed by atoms with E-state index in [1.165, 1.54) is 0 Å². The molecule has 1 N–H and O–H groups in total. The van der Waals surface area contributed by atoms with Crippen LogP contribution in [0.1, 0.15) is 19.8 Å². The second-order valence-corrected chi connectivity index (χ2v) is 3.76. The molecular formula is C10H15NO3. The highest BCUT2D eigenvalue weighted by molar-refractivity contribution is 5.94. The molecule has 0 aromatic carbocycles. The van der Waals surface area contributed by atoms with Crippen molar-refractivity contribution >= 4 is 5.91 Å². The second kappa shape index (κ2) is 3.61. The van der Waals surface area contributed by atoms with Crippen molar-refractivity contribution in [1.29, 1.82) is 0 Å². The molecule has 4 heteroatoms. The zero-order valence-corrected chi connectivity index (χ0v) is 8.27. The standard InChI is InChI=1S/C10H15NO3/c1-2-7-5-9(12)10(13)11(7)8-3-4-14-6-8/h5,7-8,12H,2-4,6H2,1H3/t7?,8-/m0/s1. The van der Waals surface area contributed by atoms with Gasteiger partial charge < -0.3 is 14.7 Å². The van der Waals surface area contributed by atoms with E-state index in [1.807, 2.05) is 6.92 Å². The number of aliphatic hydroxyl groups is 1. The van der Waals surface area contributed by atoms with Gasteiger partial charge in [0, 0.05) is 6.61 Å². The van der Waals surface area contributed by atoms with Crippen LogP contribution >= 0.6 is 0 Å². The Balaban J connectivity index is 2.13. The first kappa shape index (κ1) is 9.52. The number of rotatable bonds is 2. The van der Waals surface area contributed by atoms with Gasteiger partial charge in [0.25, 0.3) is 5.91 Å². The third kappa shape index (κ3) is 1.39. The second-order valence-electron chi connectivity index (χ2n) is 3.76. The molecule has 2 heterocycles. The maximum atomic E-state index is 11.6. The van der Waals surface area contributed by atoms with E-state index in [2.05, 4.69) is 0 Å². The SMILES string of the molecule is CCC1C=C(O)C(=O)N1[C@H]1CCOC1. The van der Waals surface area contributed by atoms with Crippen molar-refractivity contribution < 1.29 is 14.6 Å². The smallest absolute Gasteiger partial charge is 0.289 e. The first-order valence-electron chi connectivity index (χ1n) is 5.05. The number of aliphatic hydroxyl groups excluding tert-OH is 1. The van der Waals surface area contributed by atoms with Crippen molar-refractivity contribution in [3.63, 3.8) is 0 Å². The Morgan fingerprint density at radius 3 is 3.07 bits per heavy atom. The van der Waals surface area contributed by atoms with Crippen molar-refractivity contribution in [2.45, 2.75) is 31.8 Å². The summed E-state index contributed by atoms with van der Waals surface area (Å²) in [5.74, 6) is -0.351. The van der Waals surface area contributed by atoms with Gasteiger partial charge in [0.15, 0.2) is 5.76 Å². The zero-order chi connectivity index (χ0) is 10.1. The van der Waals surface area contributed by atoms with Crippen LogP contribution in [0.15, 0.2) is 11.8 Å². The van der Waals surface area contributed by atoms with Gasteiger partial charge in [-0.25, -0.2) is 0 Å². The zero-order valence-electron chi connectivity index (χ0n) is 8.27. The lowest BCUT2D eigenvalue weighted by Crippen LogP contribution is -2.43. The predicted molar refractivity (Wildman–Crippen MR) is 50.9 cm³/mol. The monoisotopic (exact) mass is 197 g/mol. The van der Waals surface area contributed by atoms with Crippen molar-refractivity contribution in [2.75, 3.05) is 13.2 Å². The van der Waals surface area contributed by atoms with Gasteiger partial charge in [-0.05, 0) is 18.9 Å². The van der Waals surface area contributed by atoms with Crippen LogP contribution in [0.4, 0.5) is 0 Å². The van der Waals surface area contributed by atoms with Crippen LogP contribution in [0.25, 0.3) is 0 Å². The average molecular weight is 197 g/mol. The molecule has 0 aliphatic carbocycles. The van der Waals surface area contributed by atoms with Crippen LogP contribution in [-0.4, -0.2) is 41.2 Å². The molecule has 1 unspecified atom stereocenters. The number of hydrogen-bond acceptors (Lipinski definition) is 3. The maximum absolute atomic E-state index is 11.6. The van der Waals surface area contributed by atoms with Crippen molar-refractivity contribution in [3.8, 4) is 0 Å². The highest BCUT2D eigenvalue weighted by atomic mass is 16.5. The van der Waals surface area contributed by atoms with Crippen molar-refractivity contribution in [2.24, 2.45) is 0 Å².